The standard InChI is InChI=1S/C19H22N4O2/c24-17-6-3-5-16(22-17)19(25)21-14-9-7-13(8-10-14)18-20-12-15-4-1-2-11-23(15)18/h7-10,12,16H,1-6,11H2,(H,21,25)(H,22,24)/t16-/m1/s1. The summed E-state index contributed by atoms with van der Waals surface area (Å²) in [7, 11) is 0. The zero-order valence-corrected chi connectivity index (χ0v) is 14.1. The van der Waals surface area contributed by atoms with E-state index in [1.54, 1.807) is 0 Å². The molecule has 6 heteroatoms. The fraction of sp³-hybridized carbons (Fsp3) is 0.421. The van der Waals surface area contributed by atoms with Crippen molar-refractivity contribution in [2.45, 2.75) is 51.1 Å². The van der Waals surface area contributed by atoms with Crippen molar-refractivity contribution < 1.29 is 9.59 Å². The molecule has 3 heterocycles. The third-order valence-electron chi connectivity index (χ3n) is 4.96. The third-order valence-corrected chi connectivity index (χ3v) is 4.96. The van der Waals surface area contributed by atoms with Gasteiger partial charge in [0.05, 0.1) is 0 Å². The summed E-state index contributed by atoms with van der Waals surface area (Å²) in [6, 6.07) is 7.32. The maximum absolute atomic E-state index is 12.3. The number of piperidine rings is 1. The average Bonchev–Trinajstić information content (AvgIpc) is 3.06. The fourth-order valence-electron chi connectivity index (χ4n) is 3.60. The predicted molar refractivity (Wildman–Crippen MR) is 95.0 cm³/mol. The Kier molecular flexibility index (Phi) is 4.26. The second kappa shape index (κ2) is 6.70. The van der Waals surface area contributed by atoms with Crippen molar-refractivity contribution in [1.29, 1.82) is 0 Å². The zero-order valence-electron chi connectivity index (χ0n) is 14.1. The fourth-order valence-corrected chi connectivity index (χ4v) is 3.60. The molecule has 25 heavy (non-hydrogen) atoms. The summed E-state index contributed by atoms with van der Waals surface area (Å²) in [5, 5.41) is 5.63. The highest BCUT2D eigenvalue weighted by Gasteiger charge is 2.24. The van der Waals surface area contributed by atoms with Crippen LogP contribution in [0.15, 0.2) is 30.5 Å². The van der Waals surface area contributed by atoms with Crippen molar-refractivity contribution in [1.82, 2.24) is 14.9 Å². The van der Waals surface area contributed by atoms with E-state index in [-0.39, 0.29) is 11.8 Å². The Morgan fingerprint density at radius 3 is 2.80 bits per heavy atom. The maximum atomic E-state index is 12.3. The van der Waals surface area contributed by atoms with Crippen LogP contribution in [0.3, 0.4) is 0 Å². The van der Waals surface area contributed by atoms with E-state index in [9.17, 15) is 9.59 Å². The molecule has 1 aromatic carbocycles. The number of amides is 2. The van der Waals surface area contributed by atoms with Gasteiger partial charge in [0.25, 0.3) is 0 Å². The van der Waals surface area contributed by atoms with Crippen LogP contribution in [-0.4, -0.2) is 27.4 Å². The highest BCUT2D eigenvalue weighted by atomic mass is 16.2. The second-order valence-corrected chi connectivity index (χ2v) is 6.76. The third kappa shape index (κ3) is 3.29. The van der Waals surface area contributed by atoms with Crippen LogP contribution in [-0.2, 0) is 22.6 Å². The molecule has 2 aliphatic heterocycles. The van der Waals surface area contributed by atoms with E-state index in [0.29, 0.717) is 12.8 Å². The molecule has 2 amide bonds. The van der Waals surface area contributed by atoms with Crippen molar-refractivity contribution >= 4 is 17.5 Å². The van der Waals surface area contributed by atoms with E-state index in [1.165, 1.54) is 18.5 Å². The number of rotatable bonds is 3. The number of carbonyl (C=O) groups excluding carboxylic acids is 2. The SMILES string of the molecule is O=C1CCC[C@H](C(=O)Nc2ccc(-c3ncc4n3CCCC4)cc2)N1. The zero-order chi connectivity index (χ0) is 17.2. The lowest BCUT2D eigenvalue weighted by Gasteiger charge is -2.22. The normalized spacial score (nSPS) is 19.8. The first kappa shape index (κ1) is 15.9. The molecule has 1 saturated heterocycles. The summed E-state index contributed by atoms with van der Waals surface area (Å²) >= 11 is 0. The lowest BCUT2D eigenvalue weighted by Crippen LogP contribution is -2.46. The molecular formula is C19H22N4O2. The first-order valence-electron chi connectivity index (χ1n) is 8.96. The van der Waals surface area contributed by atoms with Gasteiger partial charge in [-0.15, -0.1) is 0 Å². The average molecular weight is 338 g/mol. The number of nitrogens with zero attached hydrogens (tertiary/aromatic N) is 2. The lowest BCUT2D eigenvalue weighted by atomic mass is 10.0. The molecule has 0 saturated carbocycles. The van der Waals surface area contributed by atoms with E-state index in [1.807, 2.05) is 30.5 Å². The lowest BCUT2D eigenvalue weighted by molar-refractivity contribution is -0.128. The number of hydrogen-bond donors (Lipinski definition) is 2. The van der Waals surface area contributed by atoms with Gasteiger partial charge in [0.2, 0.25) is 11.8 Å². The molecule has 0 bridgehead atoms. The minimum atomic E-state index is -0.430. The van der Waals surface area contributed by atoms with Crippen LogP contribution < -0.4 is 10.6 Å². The van der Waals surface area contributed by atoms with Gasteiger partial charge in [0.1, 0.15) is 11.9 Å². The first-order chi connectivity index (χ1) is 12.2. The van der Waals surface area contributed by atoms with Crippen molar-refractivity contribution in [3.05, 3.63) is 36.2 Å². The topological polar surface area (TPSA) is 76.0 Å². The Hall–Kier alpha value is -2.63. The summed E-state index contributed by atoms with van der Waals surface area (Å²) in [4.78, 5) is 28.3. The number of imidazole rings is 1. The van der Waals surface area contributed by atoms with Crippen LogP contribution in [0.4, 0.5) is 5.69 Å². The van der Waals surface area contributed by atoms with E-state index in [2.05, 4.69) is 20.2 Å². The first-order valence-corrected chi connectivity index (χ1v) is 8.96. The molecule has 0 radical (unpaired) electrons. The molecule has 4 rings (SSSR count). The van der Waals surface area contributed by atoms with Crippen LogP contribution in [0.25, 0.3) is 11.4 Å². The smallest absolute Gasteiger partial charge is 0.246 e. The van der Waals surface area contributed by atoms with Gasteiger partial charge in [0, 0.05) is 36.1 Å². The Labute approximate surface area is 146 Å². The minimum absolute atomic E-state index is 0.0502. The predicted octanol–water partition coefficient (Wildman–Crippen LogP) is 2.49. The molecule has 1 aromatic heterocycles. The van der Waals surface area contributed by atoms with Crippen molar-refractivity contribution in [2.24, 2.45) is 0 Å². The summed E-state index contributed by atoms with van der Waals surface area (Å²) in [6.45, 7) is 1.02. The number of hydrogen-bond acceptors (Lipinski definition) is 3. The summed E-state index contributed by atoms with van der Waals surface area (Å²) in [6.07, 6.45) is 7.44. The maximum Gasteiger partial charge on any atom is 0.246 e. The number of aryl methyl sites for hydroxylation is 1. The Morgan fingerprint density at radius 2 is 2.00 bits per heavy atom. The van der Waals surface area contributed by atoms with Gasteiger partial charge in [-0.05, 0) is 56.4 Å². The van der Waals surface area contributed by atoms with E-state index >= 15 is 0 Å². The van der Waals surface area contributed by atoms with Crippen LogP contribution in [0.2, 0.25) is 0 Å². The van der Waals surface area contributed by atoms with Crippen LogP contribution in [0.5, 0.6) is 0 Å². The molecule has 2 N–H and O–H groups in total. The molecule has 1 atom stereocenters. The summed E-state index contributed by atoms with van der Waals surface area (Å²) < 4.78 is 2.29. The second-order valence-electron chi connectivity index (χ2n) is 6.76. The molecule has 130 valence electrons. The molecule has 1 fully saturated rings. The van der Waals surface area contributed by atoms with Gasteiger partial charge in [-0.1, -0.05) is 0 Å². The summed E-state index contributed by atoms with van der Waals surface area (Å²) in [5.74, 6) is 0.789. The number of carbonyl (C=O) groups is 2. The van der Waals surface area contributed by atoms with Crippen LogP contribution >= 0.6 is 0 Å². The van der Waals surface area contributed by atoms with Gasteiger partial charge in [-0.3, -0.25) is 9.59 Å². The quantitative estimate of drug-likeness (QED) is 0.903. The highest BCUT2D eigenvalue weighted by molar-refractivity contribution is 5.97. The van der Waals surface area contributed by atoms with Gasteiger partial charge >= 0.3 is 0 Å². The molecule has 0 unspecified atom stereocenters. The molecule has 6 nitrogen and oxygen atoms in total. The van der Waals surface area contributed by atoms with Gasteiger partial charge in [-0.2, -0.15) is 0 Å². The van der Waals surface area contributed by atoms with Crippen molar-refractivity contribution in [3.8, 4) is 11.4 Å². The highest BCUT2D eigenvalue weighted by Crippen LogP contribution is 2.25. The molecule has 0 aliphatic carbocycles. The summed E-state index contributed by atoms with van der Waals surface area (Å²) in [5.41, 5.74) is 3.09. The van der Waals surface area contributed by atoms with Crippen molar-refractivity contribution in [3.63, 3.8) is 0 Å². The van der Waals surface area contributed by atoms with Gasteiger partial charge in [-0.25, -0.2) is 4.98 Å². The van der Waals surface area contributed by atoms with E-state index < -0.39 is 6.04 Å². The molecular weight excluding hydrogens is 316 g/mol. The van der Waals surface area contributed by atoms with E-state index in [0.717, 1.165) is 36.5 Å². The number of fused-ring (bicyclic) bond motifs is 1. The number of anilines is 1. The Bertz CT molecular complexity index is 794. The van der Waals surface area contributed by atoms with Gasteiger partial charge < -0.3 is 15.2 Å². The molecule has 2 aliphatic rings. The van der Waals surface area contributed by atoms with Crippen LogP contribution in [0, 0.1) is 0 Å². The monoisotopic (exact) mass is 338 g/mol. The largest absolute Gasteiger partial charge is 0.344 e. The van der Waals surface area contributed by atoms with Crippen molar-refractivity contribution in [2.75, 3.05) is 5.32 Å². The number of nitrogens with one attached hydrogen (secondary N) is 2. The number of benzene rings is 1. The Morgan fingerprint density at radius 1 is 1.16 bits per heavy atom. The number of aromatic nitrogens is 2. The molecule has 0 spiro atoms. The Balaban J connectivity index is 1.46. The minimum Gasteiger partial charge on any atom is -0.344 e. The molecule has 2 aromatic rings. The van der Waals surface area contributed by atoms with Gasteiger partial charge in [0.15, 0.2) is 0 Å². The van der Waals surface area contributed by atoms with Crippen LogP contribution in [0.1, 0.15) is 37.8 Å². The van der Waals surface area contributed by atoms with E-state index in [4.69, 9.17) is 0 Å².